The molecule has 3 N–H and O–H groups in total. The molecular formula is C18H43N2O6PS. The Balaban J connectivity index is -0.0000000737. The lowest BCUT2D eigenvalue weighted by Gasteiger charge is -2.02. The first-order valence-corrected chi connectivity index (χ1v) is 8.83. The Hall–Kier alpha value is -1.09. The fraction of sp³-hybridized carbons (Fsp3) is 0.667. The van der Waals surface area contributed by atoms with E-state index in [0.717, 1.165) is 12.1 Å². The second kappa shape index (κ2) is 20.6. The third-order valence-electron chi connectivity index (χ3n) is 2.62. The summed E-state index contributed by atoms with van der Waals surface area (Å²) >= 11 is 1.60. The Kier molecular flexibility index (Phi) is 30.5. The molecule has 0 saturated carbocycles. The van der Waals surface area contributed by atoms with Crippen LogP contribution in [0.15, 0.2) is 16.3 Å². The van der Waals surface area contributed by atoms with Gasteiger partial charge in [-0.1, -0.05) is 44.6 Å². The molecule has 2 aromatic heterocycles. The summed E-state index contributed by atoms with van der Waals surface area (Å²) in [5.41, 5.74) is 3.56. The molecule has 0 unspecified atom stereocenters. The Morgan fingerprint density at radius 1 is 1.04 bits per heavy atom. The normalized spacial score (nSPS) is 8.75. The molecule has 172 valence electrons. The van der Waals surface area contributed by atoms with Gasteiger partial charge in [0.25, 0.3) is 0 Å². The van der Waals surface area contributed by atoms with E-state index in [-0.39, 0.29) is 57.8 Å². The number of oxazole rings is 1. The summed E-state index contributed by atoms with van der Waals surface area (Å²) in [6.07, 6.45) is 2.33. The molecule has 2 heterocycles. The molecule has 0 amide bonds. The van der Waals surface area contributed by atoms with Crippen LogP contribution in [-0.2, 0) is 21.9 Å². The molecule has 0 fully saturated rings. The lowest BCUT2D eigenvalue weighted by atomic mass is 10.3. The van der Waals surface area contributed by atoms with Crippen LogP contribution in [0.25, 0.3) is 0 Å². The first kappa shape index (κ1) is 41.3. The number of aromatic nitrogens is 2. The predicted octanol–water partition coefficient (Wildman–Crippen LogP) is 5.44. The fourth-order valence-electron chi connectivity index (χ4n) is 1.49. The zero-order chi connectivity index (χ0) is 16.6. The van der Waals surface area contributed by atoms with Crippen molar-refractivity contribution < 1.29 is 28.4 Å². The molecule has 0 radical (unpaired) electrons. The van der Waals surface area contributed by atoms with Crippen molar-refractivity contribution in [3.8, 4) is 0 Å². The number of phosphoric ester groups is 1. The van der Waals surface area contributed by atoms with Gasteiger partial charge in [-0.15, -0.1) is 11.3 Å². The van der Waals surface area contributed by atoms with Gasteiger partial charge in [0, 0.05) is 24.3 Å². The van der Waals surface area contributed by atoms with Crippen LogP contribution in [0.5, 0.6) is 0 Å². The van der Waals surface area contributed by atoms with Gasteiger partial charge >= 0.3 is 7.82 Å². The van der Waals surface area contributed by atoms with Crippen LogP contribution in [0.4, 0.5) is 0 Å². The minimum absolute atomic E-state index is 0. The second-order valence-corrected chi connectivity index (χ2v) is 6.45. The van der Waals surface area contributed by atoms with Crippen molar-refractivity contribution in [3.05, 3.63) is 33.9 Å². The van der Waals surface area contributed by atoms with Crippen LogP contribution in [0.3, 0.4) is 0 Å². The summed E-state index contributed by atoms with van der Waals surface area (Å²) in [7, 11) is -4.36. The van der Waals surface area contributed by atoms with Gasteiger partial charge in [0.15, 0.2) is 6.39 Å². The lowest BCUT2D eigenvalue weighted by molar-refractivity contribution is 0.196. The van der Waals surface area contributed by atoms with E-state index >= 15 is 0 Å². The number of aliphatic hydroxyl groups is 1. The summed E-state index contributed by atoms with van der Waals surface area (Å²) in [5.74, 6) is 0.577. The van der Waals surface area contributed by atoms with Crippen molar-refractivity contribution in [2.24, 2.45) is 0 Å². The largest absolute Gasteiger partial charge is 0.469 e. The SMILES string of the molecule is C.C.C.C.C.C.Cc1ncoc1CCOP(=O)(O)O.Cc1ncsc1CCO. The summed E-state index contributed by atoms with van der Waals surface area (Å²) in [6.45, 7) is 3.85. The summed E-state index contributed by atoms with van der Waals surface area (Å²) in [4.78, 5) is 25.8. The van der Waals surface area contributed by atoms with Crippen molar-refractivity contribution in [2.75, 3.05) is 13.2 Å². The van der Waals surface area contributed by atoms with Gasteiger partial charge < -0.3 is 19.3 Å². The van der Waals surface area contributed by atoms with Gasteiger partial charge in [0.2, 0.25) is 0 Å². The second-order valence-electron chi connectivity index (χ2n) is 4.27. The van der Waals surface area contributed by atoms with Gasteiger partial charge in [0.05, 0.1) is 23.5 Å². The van der Waals surface area contributed by atoms with Crippen molar-refractivity contribution in [2.45, 2.75) is 71.2 Å². The third-order valence-corrected chi connectivity index (χ3v) is 4.13. The highest BCUT2D eigenvalue weighted by Gasteiger charge is 2.14. The number of rotatable bonds is 6. The third kappa shape index (κ3) is 17.0. The lowest BCUT2D eigenvalue weighted by Crippen LogP contribution is -1.97. The highest BCUT2D eigenvalue weighted by Crippen LogP contribution is 2.35. The van der Waals surface area contributed by atoms with E-state index in [4.69, 9.17) is 19.3 Å². The molecule has 0 aromatic carbocycles. The minimum atomic E-state index is -4.36. The van der Waals surface area contributed by atoms with E-state index in [0.29, 0.717) is 17.9 Å². The molecule has 0 aliphatic carbocycles. The van der Waals surface area contributed by atoms with Gasteiger partial charge in [-0.05, 0) is 13.8 Å². The zero-order valence-corrected chi connectivity index (χ0v) is 14.0. The van der Waals surface area contributed by atoms with Gasteiger partial charge in [-0.3, -0.25) is 4.52 Å². The van der Waals surface area contributed by atoms with Crippen molar-refractivity contribution in [1.82, 2.24) is 9.97 Å². The standard InChI is InChI=1S/C6H10NO5P.C6H9NOS.6CH4/c1-5-6(11-4-7-5)2-3-12-13(8,9)10;1-5-6(2-3-8)9-4-7-5;;;;;;/h4H,2-3H2,1H3,(H2,8,9,10);4,8H,2-3H2,1H3;6*1H4. The molecule has 0 spiro atoms. The van der Waals surface area contributed by atoms with Crippen LogP contribution in [0.2, 0.25) is 0 Å². The maximum Gasteiger partial charge on any atom is 0.469 e. The predicted molar refractivity (Wildman–Crippen MR) is 121 cm³/mol. The van der Waals surface area contributed by atoms with Crippen molar-refractivity contribution in [1.29, 1.82) is 0 Å². The topological polar surface area (TPSA) is 126 Å². The average Bonchev–Trinajstić information content (AvgIpc) is 3.00. The Bertz CT molecular complexity index is 613. The minimum Gasteiger partial charge on any atom is -0.448 e. The van der Waals surface area contributed by atoms with E-state index in [1.165, 1.54) is 11.3 Å². The molecule has 2 aromatic rings. The summed E-state index contributed by atoms with van der Waals surface area (Å²) in [6, 6.07) is 0. The first-order valence-electron chi connectivity index (χ1n) is 6.42. The number of hydrogen-bond acceptors (Lipinski definition) is 7. The smallest absolute Gasteiger partial charge is 0.448 e. The van der Waals surface area contributed by atoms with Crippen molar-refractivity contribution in [3.63, 3.8) is 0 Å². The number of aryl methyl sites for hydroxylation is 2. The Morgan fingerprint density at radius 3 is 1.96 bits per heavy atom. The van der Waals surface area contributed by atoms with Crippen molar-refractivity contribution >= 4 is 19.2 Å². The maximum absolute atomic E-state index is 10.3. The summed E-state index contributed by atoms with van der Waals surface area (Å²) in [5, 5.41) is 8.54. The van der Waals surface area contributed by atoms with E-state index in [1.54, 1.807) is 23.8 Å². The van der Waals surface area contributed by atoms with Crippen LogP contribution < -0.4 is 0 Å². The molecule has 0 atom stereocenters. The van der Waals surface area contributed by atoms with E-state index in [1.807, 2.05) is 6.92 Å². The van der Waals surface area contributed by atoms with Gasteiger partial charge in [-0.25, -0.2) is 14.5 Å². The fourth-order valence-corrected chi connectivity index (χ4v) is 2.59. The molecule has 10 heteroatoms. The number of nitrogens with zero attached hydrogens (tertiary/aromatic N) is 2. The van der Waals surface area contributed by atoms with Crippen LogP contribution in [0.1, 0.15) is 66.6 Å². The van der Waals surface area contributed by atoms with Crippen LogP contribution in [0, 0.1) is 13.8 Å². The molecule has 8 nitrogen and oxygen atoms in total. The molecule has 0 bridgehead atoms. The van der Waals surface area contributed by atoms with E-state index in [2.05, 4.69) is 14.5 Å². The number of aliphatic hydroxyl groups excluding tert-OH is 1. The highest BCUT2D eigenvalue weighted by molar-refractivity contribution is 7.46. The zero-order valence-electron chi connectivity index (χ0n) is 12.3. The number of phosphoric acid groups is 1. The number of hydrogen-bond donors (Lipinski definition) is 3. The first-order chi connectivity index (χ1) is 10.3. The molecular weight excluding hydrogens is 403 g/mol. The van der Waals surface area contributed by atoms with Crippen LogP contribution >= 0.6 is 19.2 Å². The van der Waals surface area contributed by atoms with Crippen LogP contribution in [-0.4, -0.2) is 38.1 Å². The molecule has 2 rings (SSSR count). The molecule has 0 saturated heterocycles. The highest BCUT2D eigenvalue weighted by atomic mass is 32.1. The van der Waals surface area contributed by atoms with Gasteiger partial charge in [-0.2, -0.15) is 0 Å². The quantitative estimate of drug-likeness (QED) is 0.501. The molecule has 0 aliphatic heterocycles. The average molecular weight is 447 g/mol. The number of thiazole rings is 1. The molecule has 0 aliphatic rings. The molecule has 28 heavy (non-hydrogen) atoms. The monoisotopic (exact) mass is 446 g/mol. The Labute approximate surface area is 176 Å². The maximum atomic E-state index is 10.3. The van der Waals surface area contributed by atoms with E-state index < -0.39 is 7.82 Å². The van der Waals surface area contributed by atoms with Gasteiger partial charge in [0.1, 0.15) is 5.76 Å². The van der Waals surface area contributed by atoms with E-state index in [9.17, 15) is 4.57 Å². The summed E-state index contributed by atoms with van der Waals surface area (Å²) < 4.78 is 19.4. The Morgan fingerprint density at radius 2 is 1.61 bits per heavy atom.